The second-order valence-corrected chi connectivity index (χ2v) is 6.90. The smallest absolute Gasteiger partial charge is 0.227 e. The van der Waals surface area contributed by atoms with Crippen LogP contribution in [0.5, 0.6) is 5.75 Å². The van der Waals surface area contributed by atoms with E-state index in [1.807, 2.05) is 47.4 Å². The van der Waals surface area contributed by atoms with Crippen molar-refractivity contribution in [3.8, 4) is 5.75 Å². The van der Waals surface area contributed by atoms with Crippen LogP contribution < -0.4 is 15.0 Å². The Bertz CT molecular complexity index is 685. The van der Waals surface area contributed by atoms with E-state index in [9.17, 15) is 4.79 Å². The number of benzene rings is 2. The number of ether oxygens (including phenoxy) is 1. The van der Waals surface area contributed by atoms with E-state index in [2.05, 4.69) is 17.4 Å². The Morgan fingerprint density at radius 1 is 1.07 bits per heavy atom. The Morgan fingerprint density at radius 2 is 1.74 bits per heavy atom. The zero-order valence-corrected chi connectivity index (χ0v) is 16.7. The standard InChI is InChI=1S/C22H28N2O2.ClH/c1-26-21-10-8-20(9-11-21)24(17-19-5-3-2-4-6-19)22(25)12-7-18-13-15-23-16-14-18;/h2-6,8-11,18,23H,7,12-17H2,1H3;1H. The second-order valence-electron chi connectivity index (χ2n) is 6.90. The quantitative estimate of drug-likeness (QED) is 0.762. The highest BCUT2D eigenvalue weighted by molar-refractivity contribution is 5.93. The maximum atomic E-state index is 13.0. The molecule has 5 heteroatoms. The third-order valence-electron chi connectivity index (χ3n) is 5.09. The van der Waals surface area contributed by atoms with Crippen molar-refractivity contribution < 1.29 is 9.53 Å². The lowest BCUT2D eigenvalue weighted by molar-refractivity contribution is -0.119. The van der Waals surface area contributed by atoms with Gasteiger partial charge in [-0.25, -0.2) is 0 Å². The molecule has 0 aliphatic carbocycles. The Hall–Kier alpha value is -2.04. The molecule has 1 aliphatic rings. The molecule has 3 rings (SSSR count). The summed E-state index contributed by atoms with van der Waals surface area (Å²) in [6, 6.07) is 17.9. The first-order valence-corrected chi connectivity index (χ1v) is 9.45. The van der Waals surface area contributed by atoms with Gasteiger partial charge < -0.3 is 15.0 Å². The number of rotatable bonds is 7. The molecule has 0 aromatic heterocycles. The predicted molar refractivity (Wildman–Crippen MR) is 113 cm³/mol. The number of carbonyl (C=O) groups excluding carboxylic acids is 1. The van der Waals surface area contributed by atoms with Gasteiger partial charge in [0.1, 0.15) is 5.75 Å². The SMILES string of the molecule is COc1ccc(N(Cc2ccccc2)C(=O)CCC2CCNCC2)cc1.Cl. The minimum atomic E-state index is 0. The first-order chi connectivity index (χ1) is 12.8. The average Bonchev–Trinajstić information content (AvgIpc) is 2.72. The maximum absolute atomic E-state index is 13.0. The fourth-order valence-electron chi connectivity index (χ4n) is 3.48. The largest absolute Gasteiger partial charge is 0.497 e. The molecular weight excluding hydrogens is 360 g/mol. The molecule has 27 heavy (non-hydrogen) atoms. The Labute approximate surface area is 168 Å². The highest BCUT2D eigenvalue weighted by Gasteiger charge is 2.19. The fourth-order valence-corrected chi connectivity index (χ4v) is 3.48. The molecule has 4 nitrogen and oxygen atoms in total. The van der Waals surface area contributed by atoms with Gasteiger partial charge in [0.25, 0.3) is 0 Å². The van der Waals surface area contributed by atoms with E-state index in [0.29, 0.717) is 18.9 Å². The van der Waals surface area contributed by atoms with Gasteiger partial charge in [-0.15, -0.1) is 12.4 Å². The highest BCUT2D eigenvalue weighted by Crippen LogP contribution is 2.24. The number of amides is 1. The van der Waals surface area contributed by atoms with Crippen molar-refractivity contribution in [2.75, 3.05) is 25.1 Å². The lowest BCUT2D eigenvalue weighted by Crippen LogP contribution is -2.32. The van der Waals surface area contributed by atoms with Crippen molar-refractivity contribution in [1.82, 2.24) is 5.32 Å². The summed E-state index contributed by atoms with van der Waals surface area (Å²) >= 11 is 0. The van der Waals surface area contributed by atoms with Crippen LogP contribution in [-0.4, -0.2) is 26.1 Å². The molecule has 0 saturated carbocycles. The minimum absolute atomic E-state index is 0. The molecule has 1 heterocycles. The summed E-state index contributed by atoms with van der Waals surface area (Å²) in [6.07, 6.45) is 3.93. The van der Waals surface area contributed by atoms with Crippen LogP contribution in [0, 0.1) is 5.92 Å². The number of piperidine rings is 1. The summed E-state index contributed by atoms with van der Waals surface area (Å²) in [5.74, 6) is 1.66. The van der Waals surface area contributed by atoms with Crippen molar-refractivity contribution in [2.24, 2.45) is 5.92 Å². The van der Waals surface area contributed by atoms with Crippen molar-refractivity contribution in [3.63, 3.8) is 0 Å². The number of anilines is 1. The van der Waals surface area contributed by atoms with Gasteiger partial charge in [-0.3, -0.25) is 4.79 Å². The molecule has 0 bridgehead atoms. The molecular formula is C22H29ClN2O2. The molecule has 1 aliphatic heterocycles. The molecule has 0 atom stereocenters. The van der Waals surface area contributed by atoms with Gasteiger partial charge in [0.05, 0.1) is 13.7 Å². The molecule has 0 spiro atoms. The van der Waals surface area contributed by atoms with Crippen molar-refractivity contribution >= 4 is 24.0 Å². The number of hydrogen-bond donors (Lipinski definition) is 1. The van der Waals surface area contributed by atoms with Gasteiger partial charge in [-0.05, 0) is 68.1 Å². The normalized spacial score (nSPS) is 14.3. The maximum Gasteiger partial charge on any atom is 0.227 e. The van der Waals surface area contributed by atoms with Crippen LogP contribution in [0.1, 0.15) is 31.2 Å². The first kappa shape index (κ1) is 21.3. The van der Waals surface area contributed by atoms with Crippen LogP contribution in [0.4, 0.5) is 5.69 Å². The average molecular weight is 389 g/mol. The predicted octanol–water partition coefficient (Wildman–Crippen LogP) is 4.43. The number of hydrogen-bond acceptors (Lipinski definition) is 3. The Morgan fingerprint density at radius 3 is 2.37 bits per heavy atom. The van der Waals surface area contributed by atoms with E-state index >= 15 is 0 Å². The van der Waals surface area contributed by atoms with Gasteiger partial charge in [0.15, 0.2) is 0 Å². The second kappa shape index (κ2) is 11.0. The van der Waals surface area contributed by atoms with Crippen LogP contribution >= 0.6 is 12.4 Å². The van der Waals surface area contributed by atoms with Crippen LogP contribution in [0.15, 0.2) is 54.6 Å². The summed E-state index contributed by atoms with van der Waals surface area (Å²) in [5, 5.41) is 3.39. The van der Waals surface area contributed by atoms with Crippen molar-refractivity contribution in [1.29, 1.82) is 0 Å². The third kappa shape index (κ3) is 6.26. The third-order valence-corrected chi connectivity index (χ3v) is 5.09. The summed E-state index contributed by atoms with van der Waals surface area (Å²) in [6.45, 7) is 2.74. The molecule has 1 saturated heterocycles. The zero-order chi connectivity index (χ0) is 18.2. The molecule has 1 amide bonds. The summed E-state index contributed by atoms with van der Waals surface area (Å²) in [4.78, 5) is 14.9. The zero-order valence-electron chi connectivity index (χ0n) is 15.9. The van der Waals surface area contributed by atoms with Crippen LogP contribution in [-0.2, 0) is 11.3 Å². The van der Waals surface area contributed by atoms with Crippen molar-refractivity contribution in [3.05, 3.63) is 60.2 Å². The van der Waals surface area contributed by atoms with Gasteiger partial charge in [0.2, 0.25) is 5.91 Å². The van der Waals surface area contributed by atoms with E-state index in [4.69, 9.17) is 4.74 Å². The Kier molecular flexibility index (Phi) is 8.62. The molecule has 0 radical (unpaired) electrons. The highest BCUT2D eigenvalue weighted by atomic mass is 35.5. The molecule has 2 aromatic rings. The van der Waals surface area contributed by atoms with Gasteiger partial charge in [-0.2, -0.15) is 0 Å². The monoisotopic (exact) mass is 388 g/mol. The van der Waals surface area contributed by atoms with E-state index < -0.39 is 0 Å². The van der Waals surface area contributed by atoms with E-state index in [1.54, 1.807) is 7.11 Å². The number of methoxy groups -OCH3 is 1. The number of nitrogens with zero attached hydrogens (tertiary/aromatic N) is 1. The summed E-state index contributed by atoms with van der Waals surface area (Å²) in [7, 11) is 1.65. The van der Waals surface area contributed by atoms with Crippen LogP contribution in [0.25, 0.3) is 0 Å². The van der Waals surface area contributed by atoms with Gasteiger partial charge in [-0.1, -0.05) is 30.3 Å². The lowest BCUT2D eigenvalue weighted by Gasteiger charge is -2.26. The van der Waals surface area contributed by atoms with Crippen LogP contribution in [0.2, 0.25) is 0 Å². The molecule has 2 aromatic carbocycles. The number of halogens is 1. The molecule has 146 valence electrons. The van der Waals surface area contributed by atoms with Crippen molar-refractivity contribution in [2.45, 2.75) is 32.2 Å². The summed E-state index contributed by atoms with van der Waals surface area (Å²) in [5.41, 5.74) is 2.06. The van der Waals surface area contributed by atoms with E-state index in [0.717, 1.165) is 36.5 Å². The molecule has 1 N–H and O–H groups in total. The van der Waals surface area contributed by atoms with Gasteiger partial charge >= 0.3 is 0 Å². The van der Waals surface area contributed by atoms with Crippen LogP contribution in [0.3, 0.4) is 0 Å². The fraction of sp³-hybridized carbons (Fsp3) is 0.409. The lowest BCUT2D eigenvalue weighted by atomic mass is 9.93. The van der Waals surface area contributed by atoms with Gasteiger partial charge in [0, 0.05) is 12.1 Å². The minimum Gasteiger partial charge on any atom is -0.497 e. The number of nitrogens with one attached hydrogen (secondary N) is 1. The topological polar surface area (TPSA) is 41.6 Å². The Balaban J connectivity index is 0.00000261. The molecule has 1 fully saturated rings. The van der Waals surface area contributed by atoms with E-state index in [-0.39, 0.29) is 18.3 Å². The number of carbonyl (C=O) groups is 1. The summed E-state index contributed by atoms with van der Waals surface area (Å²) < 4.78 is 5.25. The molecule has 0 unspecified atom stereocenters. The van der Waals surface area contributed by atoms with E-state index in [1.165, 1.54) is 12.8 Å². The first-order valence-electron chi connectivity index (χ1n) is 9.45.